The van der Waals surface area contributed by atoms with Crippen molar-refractivity contribution in [2.45, 2.75) is 39.3 Å². The zero-order chi connectivity index (χ0) is 12.4. The Balaban J connectivity index is 1.62. The van der Waals surface area contributed by atoms with Gasteiger partial charge in [-0.05, 0) is 37.8 Å². The Bertz CT molecular complexity index is 394. The molecule has 2 aliphatic heterocycles. The van der Waals surface area contributed by atoms with Crippen LogP contribution in [0.5, 0.6) is 0 Å². The number of aryl methyl sites for hydroxylation is 1. The number of aromatic nitrogens is 3. The van der Waals surface area contributed by atoms with E-state index in [0.29, 0.717) is 5.41 Å². The normalized spacial score (nSPS) is 28.5. The van der Waals surface area contributed by atoms with Gasteiger partial charge in [0.05, 0.1) is 6.54 Å². The predicted octanol–water partition coefficient (Wildman–Crippen LogP) is 0.873. The molecule has 5 heteroatoms. The van der Waals surface area contributed by atoms with Crippen LogP contribution >= 0.6 is 0 Å². The molecular weight excluding hydrogens is 226 g/mol. The minimum absolute atomic E-state index is 0.551. The van der Waals surface area contributed by atoms with Crippen LogP contribution < -0.4 is 5.32 Å². The second-order valence-electron chi connectivity index (χ2n) is 5.79. The van der Waals surface area contributed by atoms with E-state index >= 15 is 0 Å². The molecule has 0 aromatic carbocycles. The highest BCUT2D eigenvalue weighted by Gasteiger charge is 2.40. The van der Waals surface area contributed by atoms with Gasteiger partial charge in [0.25, 0.3) is 0 Å². The van der Waals surface area contributed by atoms with Crippen molar-refractivity contribution >= 4 is 0 Å². The zero-order valence-corrected chi connectivity index (χ0v) is 11.2. The Labute approximate surface area is 109 Å². The fourth-order valence-electron chi connectivity index (χ4n) is 3.32. The Morgan fingerprint density at radius 2 is 2.39 bits per heavy atom. The molecule has 2 aliphatic rings. The van der Waals surface area contributed by atoms with Crippen LogP contribution in [0.25, 0.3) is 0 Å². The van der Waals surface area contributed by atoms with Crippen LogP contribution in [0, 0.1) is 5.41 Å². The molecule has 0 aliphatic carbocycles. The zero-order valence-electron chi connectivity index (χ0n) is 11.2. The molecule has 0 bridgehead atoms. The lowest BCUT2D eigenvalue weighted by Crippen LogP contribution is -2.29. The summed E-state index contributed by atoms with van der Waals surface area (Å²) < 4.78 is 2.05. The molecule has 18 heavy (non-hydrogen) atoms. The van der Waals surface area contributed by atoms with Crippen LogP contribution in [0.4, 0.5) is 0 Å². The maximum atomic E-state index is 4.41. The minimum Gasteiger partial charge on any atom is -0.316 e. The molecule has 1 atom stereocenters. The molecule has 3 heterocycles. The van der Waals surface area contributed by atoms with Gasteiger partial charge in [-0.1, -0.05) is 6.92 Å². The SMILES string of the molecule is CCCn1ncnc1CN1CCC2(CCNC2)C1. The first-order valence-electron chi connectivity index (χ1n) is 7.11. The van der Waals surface area contributed by atoms with Gasteiger partial charge in [0.15, 0.2) is 0 Å². The van der Waals surface area contributed by atoms with Gasteiger partial charge in [-0.25, -0.2) is 9.67 Å². The van der Waals surface area contributed by atoms with E-state index in [1.54, 1.807) is 6.33 Å². The van der Waals surface area contributed by atoms with Crippen molar-refractivity contribution in [1.29, 1.82) is 0 Å². The van der Waals surface area contributed by atoms with Crippen molar-refractivity contribution in [3.63, 3.8) is 0 Å². The lowest BCUT2D eigenvalue weighted by atomic mass is 9.87. The van der Waals surface area contributed by atoms with Crippen molar-refractivity contribution in [1.82, 2.24) is 25.0 Å². The van der Waals surface area contributed by atoms with Gasteiger partial charge in [-0.2, -0.15) is 5.10 Å². The van der Waals surface area contributed by atoms with Gasteiger partial charge >= 0.3 is 0 Å². The third-order valence-corrected chi connectivity index (χ3v) is 4.35. The number of rotatable bonds is 4. The summed E-state index contributed by atoms with van der Waals surface area (Å²) in [6.45, 7) is 8.95. The summed E-state index contributed by atoms with van der Waals surface area (Å²) in [4.78, 5) is 6.95. The first-order chi connectivity index (χ1) is 8.81. The Kier molecular flexibility index (Phi) is 3.35. The van der Waals surface area contributed by atoms with Crippen molar-refractivity contribution in [2.75, 3.05) is 26.2 Å². The molecule has 1 unspecified atom stereocenters. The second kappa shape index (κ2) is 4.97. The Morgan fingerprint density at radius 1 is 1.44 bits per heavy atom. The maximum absolute atomic E-state index is 4.41. The quantitative estimate of drug-likeness (QED) is 0.860. The molecule has 0 radical (unpaired) electrons. The fraction of sp³-hybridized carbons (Fsp3) is 0.846. The third kappa shape index (κ3) is 2.29. The largest absolute Gasteiger partial charge is 0.316 e. The molecule has 0 amide bonds. The molecule has 1 N–H and O–H groups in total. The third-order valence-electron chi connectivity index (χ3n) is 4.35. The predicted molar refractivity (Wildman–Crippen MR) is 70.1 cm³/mol. The lowest BCUT2D eigenvalue weighted by molar-refractivity contribution is 0.259. The van der Waals surface area contributed by atoms with E-state index in [0.717, 1.165) is 25.3 Å². The number of nitrogens with one attached hydrogen (secondary N) is 1. The standard InChI is InChI=1S/C13H23N5/c1-2-6-18-12(15-11-16-18)8-17-7-4-13(10-17)3-5-14-9-13/h11,14H,2-10H2,1H3. The van der Waals surface area contributed by atoms with Gasteiger partial charge in [0, 0.05) is 19.6 Å². The highest BCUT2D eigenvalue weighted by molar-refractivity contribution is 4.97. The highest BCUT2D eigenvalue weighted by Crippen LogP contribution is 2.36. The van der Waals surface area contributed by atoms with E-state index in [2.05, 4.69) is 31.9 Å². The minimum atomic E-state index is 0.551. The van der Waals surface area contributed by atoms with Gasteiger partial charge in [-0.3, -0.25) is 4.90 Å². The number of hydrogen-bond donors (Lipinski definition) is 1. The first-order valence-corrected chi connectivity index (χ1v) is 7.11. The van der Waals surface area contributed by atoms with E-state index in [9.17, 15) is 0 Å². The van der Waals surface area contributed by atoms with Crippen molar-refractivity contribution < 1.29 is 0 Å². The van der Waals surface area contributed by atoms with Crippen LogP contribution in [0.2, 0.25) is 0 Å². The number of likely N-dealkylation sites (tertiary alicyclic amines) is 1. The van der Waals surface area contributed by atoms with Crippen molar-refractivity contribution in [3.05, 3.63) is 12.2 Å². The first kappa shape index (κ1) is 12.1. The topological polar surface area (TPSA) is 46.0 Å². The monoisotopic (exact) mass is 249 g/mol. The van der Waals surface area contributed by atoms with E-state index in [4.69, 9.17) is 0 Å². The van der Waals surface area contributed by atoms with E-state index in [1.165, 1.54) is 39.0 Å². The molecule has 5 nitrogen and oxygen atoms in total. The molecular formula is C13H23N5. The molecule has 1 aromatic rings. The summed E-state index contributed by atoms with van der Waals surface area (Å²) in [5, 5.41) is 7.81. The summed E-state index contributed by atoms with van der Waals surface area (Å²) in [6.07, 6.45) is 5.48. The van der Waals surface area contributed by atoms with Crippen LogP contribution in [-0.2, 0) is 13.1 Å². The lowest BCUT2D eigenvalue weighted by Gasteiger charge is -2.22. The molecule has 1 aromatic heterocycles. The van der Waals surface area contributed by atoms with Crippen molar-refractivity contribution in [2.24, 2.45) is 5.41 Å². The van der Waals surface area contributed by atoms with Gasteiger partial charge in [-0.15, -0.1) is 0 Å². The van der Waals surface area contributed by atoms with Crippen LogP contribution in [0.3, 0.4) is 0 Å². The summed E-state index contributed by atoms with van der Waals surface area (Å²) in [6, 6.07) is 0. The van der Waals surface area contributed by atoms with Crippen LogP contribution in [-0.4, -0.2) is 45.8 Å². The van der Waals surface area contributed by atoms with E-state index in [1.807, 2.05) is 0 Å². The molecule has 1 spiro atoms. The van der Waals surface area contributed by atoms with Crippen molar-refractivity contribution in [3.8, 4) is 0 Å². The second-order valence-corrected chi connectivity index (χ2v) is 5.79. The van der Waals surface area contributed by atoms with Crippen LogP contribution in [0.1, 0.15) is 32.0 Å². The number of nitrogens with zero attached hydrogens (tertiary/aromatic N) is 4. The molecule has 100 valence electrons. The number of hydrogen-bond acceptors (Lipinski definition) is 4. The molecule has 3 rings (SSSR count). The Morgan fingerprint density at radius 3 is 3.17 bits per heavy atom. The molecule has 2 saturated heterocycles. The molecule has 0 saturated carbocycles. The average Bonchev–Trinajstić information content (AvgIpc) is 3.06. The smallest absolute Gasteiger partial charge is 0.141 e. The summed E-state index contributed by atoms with van der Waals surface area (Å²) in [5.41, 5.74) is 0.551. The summed E-state index contributed by atoms with van der Waals surface area (Å²) >= 11 is 0. The van der Waals surface area contributed by atoms with Crippen LogP contribution in [0.15, 0.2) is 6.33 Å². The fourth-order valence-corrected chi connectivity index (χ4v) is 3.32. The van der Waals surface area contributed by atoms with Gasteiger partial charge in [0.2, 0.25) is 0 Å². The van der Waals surface area contributed by atoms with E-state index in [-0.39, 0.29) is 0 Å². The summed E-state index contributed by atoms with van der Waals surface area (Å²) in [5.74, 6) is 1.12. The van der Waals surface area contributed by atoms with E-state index < -0.39 is 0 Å². The van der Waals surface area contributed by atoms with Gasteiger partial charge in [0.1, 0.15) is 12.2 Å². The molecule has 2 fully saturated rings. The maximum Gasteiger partial charge on any atom is 0.141 e. The van der Waals surface area contributed by atoms with Gasteiger partial charge < -0.3 is 5.32 Å². The highest BCUT2D eigenvalue weighted by atomic mass is 15.3. The Hall–Kier alpha value is -0.940. The average molecular weight is 249 g/mol. The summed E-state index contributed by atoms with van der Waals surface area (Å²) in [7, 11) is 0.